The first-order chi connectivity index (χ1) is 14.3. The van der Waals surface area contributed by atoms with Crippen molar-refractivity contribution in [3.8, 4) is 11.5 Å². The van der Waals surface area contributed by atoms with E-state index < -0.39 is 5.63 Å². The zero-order valence-corrected chi connectivity index (χ0v) is 18.1. The van der Waals surface area contributed by atoms with Crippen LogP contribution in [0.25, 0.3) is 11.0 Å². The fraction of sp³-hybridized carbons (Fsp3) is 0.565. The van der Waals surface area contributed by atoms with Gasteiger partial charge < -0.3 is 23.9 Å². The Labute approximate surface area is 175 Å². The van der Waals surface area contributed by atoms with Crippen LogP contribution in [0.5, 0.6) is 11.5 Å². The van der Waals surface area contributed by atoms with Gasteiger partial charge in [0.05, 0.1) is 30.6 Å². The van der Waals surface area contributed by atoms with E-state index >= 15 is 0 Å². The van der Waals surface area contributed by atoms with E-state index in [9.17, 15) is 9.59 Å². The van der Waals surface area contributed by atoms with E-state index in [1.165, 1.54) is 0 Å². The summed E-state index contributed by atoms with van der Waals surface area (Å²) in [5, 5.41) is 3.59. The summed E-state index contributed by atoms with van der Waals surface area (Å²) in [6.45, 7) is 7.10. The molecule has 162 valence electrons. The number of nitrogens with one attached hydrogen (secondary N) is 1. The van der Waals surface area contributed by atoms with Gasteiger partial charge in [-0.1, -0.05) is 0 Å². The largest absolute Gasteiger partial charge is 0.496 e. The molecule has 1 aromatic carbocycles. The van der Waals surface area contributed by atoms with Crippen molar-refractivity contribution in [2.24, 2.45) is 0 Å². The Morgan fingerprint density at radius 2 is 2.17 bits per heavy atom. The van der Waals surface area contributed by atoms with E-state index in [0.717, 1.165) is 43.2 Å². The molecule has 2 aliphatic rings. The molecule has 1 fully saturated rings. The van der Waals surface area contributed by atoms with Crippen LogP contribution in [0.15, 0.2) is 15.3 Å². The minimum atomic E-state index is -0.493. The first-order valence-corrected chi connectivity index (χ1v) is 10.5. The number of benzene rings is 1. The molecule has 30 heavy (non-hydrogen) atoms. The van der Waals surface area contributed by atoms with Gasteiger partial charge in [-0.25, -0.2) is 4.79 Å². The molecule has 7 nitrogen and oxygen atoms in total. The fourth-order valence-electron chi connectivity index (χ4n) is 4.30. The number of aryl methyl sites for hydroxylation is 2. The highest BCUT2D eigenvalue weighted by Crippen LogP contribution is 2.43. The molecule has 0 radical (unpaired) electrons. The maximum absolute atomic E-state index is 12.8. The average Bonchev–Trinajstić information content (AvgIpc) is 3.21. The van der Waals surface area contributed by atoms with Crippen molar-refractivity contribution < 1.29 is 23.4 Å². The smallest absolute Gasteiger partial charge is 0.340 e. The summed E-state index contributed by atoms with van der Waals surface area (Å²) >= 11 is 0. The number of carbonyl (C=O) groups excluding carboxylic acids is 1. The highest BCUT2D eigenvalue weighted by atomic mass is 16.5. The molecular formula is C23H29NO6. The Morgan fingerprint density at radius 3 is 2.87 bits per heavy atom. The van der Waals surface area contributed by atoms with Crippen LogP contribution in [-0.2, 0) is 22.4 Å². The molecule has 1 aromatic heterocycles. The third kappa shape index (κ3) is 3.90. The summed E-state index contributed by atoms with van der Waals surface area (Å²) in [6, 6.07) is 1.85. The molecule has 1 N–H and O–H groups in total. The highest BCUT2D eigenvalue weighted by molar-refractivity contribution is 5.93. The fourth-order valence-corrected chi connectivity index (χ4v) is 4.30. The van der Waals surface area contributed by atoms with Crippen LogP contribution in [0, 0.1) is 6.92 Å². The van der Waals surface area contributed by atoms with Crippen LogP contribution in [0.3, 0.4) is 0 Å². The lowest BCUT2D eigenvalue weighted by Gasteiger charge is -2.33. The highest BCUT2D eigenvalue weighted by Gasteiger charge is 2.31. The molecule has 1 amide bonds. The average molecular weight is 415 g/mol. The molecule has 4 rings (SSSR count). The first kappa shape index (κ1) is 20.7. The molecule has 0 aliphatic carbocycles. The quantitative estimate of drug-likeness (QED) is 0.756. The van der Waals surface area contributed by atoms with Gasteiger partial charge in [-0.3, -0.25) is 4.79 Å². The van der Waals surface area contributed by atoms with Gasteiger partial charge in [0, 0.05) is 24.8 Å². The molecule has 1 saturated heterocycles. The SMILES string of the molecule is COc1cc2c(c3oc(=O)c(CC(=O)NCC4CCCO4)c(C)c13)CCC(C)(C)O2. The van der Waals surface area contributed by atoms with E-state index in [1.807, 2.05) is 26.8 Å². The molecule has 1 atom stereocenters. The summed E-state index contributed by atoms with van der Waals surface area (Å²) in [4.78, 5) is 25.3. The van der Waals surface area contributed by atoms with Crippen molar-refractivity contribution in [3.05, 3.63) is 33.2 Å². The molecular weight excluding hydrogens is 386 g/mol. The molecule has 0 bridgehead atoms. The third-order valence-corrected chi connectivity index (χ3v) is 6.05. The van der Waals surface area contributed by atoms with Crippen LogP contribution in [0.1, 0.15) is 49.8 Å². The lowest BCUT2D eigenvalue weighted by molar-refractivity contribution is -0.121. The predicted octanol–water partition coefficient (Wildman–Crippen LogP) is 3.05. The second-order valence-electron chi connectivity index (χ2n) is 8.73. The maximum Gasteiger partial charge on any atom is 0.340 e. The number of rotatable bonds is 5. The number of amides is 1. The van der Waals surface area contributed by atoms with Gasteiger partial charge in [0.15, 0.2) is 0 Å². The molecule has 0 spiro atoms. The van der Waals surface area contributed by atoms with E-state index in [0.29, 0.717) is 34.8 Å². The summed E-state index contributed by atoms with van der Waals surface area (Å²) in [7, 11) is 1.58. The number of methoxy groups -OCH3 is 1. The van der Waals surface area contributed by atoms with Crippen LogP contribution >= 0.6 is 0 Å². The summed E-state index contributed by atoms with van der Waals surface area (Å²) in [5.74, 6) is 1.03. The van der Waals surface area contributed by atoms with E-state index in [2.05, 4.69) is 5.32 Å². The number of hydrogen-bond donors (Lipinski definition) is 1. The Morgan fingerprint density at radius 1 is 1.37 bits per heavy atom. The third-order valence-electron chi connectivity index (χ3n) is 6.05. The van der Waals surface area contributed by atoms with Crippen LogP contribution < -0.4 is 20.4 Å². The Balaban J connectivity index is 1.69. The lowest BCUT2D eigenvalue weighted by atomic mass is 9.91. The van der Waals surface area contributed by atoms with Crippen molar-refractivity contribution in [1.29, 1.82) is 0 Å². The number of ether oxygens (including phenoxy) is 3. The van der Waals surface area contributed by atoms with Gasteiger partial charge in [-0.15, -0.1) is 0 Å². The number of fused-ring (bicyclic) bond motifs is 3. The van der Waals surface area contributed by atoms with Gasteiger partial charge in [0.2, 0.25) is 5.91 Å². The lowest BCUT2D eigenvalue weighted by Crippen LogP contribution is -2.34. The van der Waals surface area contributed by atoms with Crippen molar-refractivity contribution in [1.82, 2.24) is 5.32 Å². The summed E-state index contributed by atoms with van der Waals surface area (Å²) in [5.41, 5.74) is 1.64. The summed E-state index contributed by atoms with van der Waals surface area (Å²) < 4.78 is 23.0. The van der Waals surface area contributed by atoms with Crippen LogP contribution in [0.4, 0.5) is 0 Å². The summed E-state index contributed by atoms with van der Waals surface area (Å²) in [6.07, 6.45) is 3.53. The topological polar surface area (TPSA) is 87.0 Å². The first-order valence-electron chi connectivity index (χ1n) is 10.5. The van der Waals surface area contributed by atoms with Gasteiger partial charge >= 0.3 is 5.63 Å². The minimum Gasteiger partial charge on any atom is -0.496 e. The van der Waals surface area contributed by atoms with Gasteiger partial charge in [-0.2, -0.15) is 0 Å². The normalized spacial score (nSPS) is 19.9. The zero-order valence-electron chi connectivity index (χ0n) is 18.1. The van der Waals surface area contributed by atoms with Crippen molar-refractivity contribution >= 4 is 16.9 Å². The predicted molar refractivity (Wildman–Crippen MR) is 112 cm³/mol. The molecule has 2 aromatic rings. The molecule has 1 unspecified atom stereocenters. The monoisotopic (exact) mass is 415 g/mol. The van der Waals surface area contributed by atoms with E-state index in [4.69, 9.17) is 18.6 Å². The minimum absolute atomic E-state index is 0.0411. The second kappa shape index (κ2) is 7.95. The van der Waals surface area contributed by atoms with Gasteiger partial charge in [0.25, 0.3) is 0 Å². The Kier molecular flexibility index (Phi) is 5.49. The van der Waals surface area contributed by atoms with E-state index in [1.54, 1.807) is 7.11 Å². The second-order valence-corrected chi connectivity index (χ2v) is 8.73. The molecule has 0 saturated carbocycles. The van der Waals surface area contributed by atoms with Crippen LogP contribution in [0.2, 0.25) is 0 Å². The number of hydrogen-bond acceptors (Lipinski definition) is 6. The maximum atomic E-state index is 12.8. The van der Waals surface area contributed by atoms with Gasteiger partial charge in [0.1, 0.15) is 22.7 Å². The van der Waals surface area contributed by atoms with Gasteiger partial charge in [-0.05, 0) is 52.0 Å². The Bertz CT molecular complexity index is 1030. The number of carbonyl (C=O) groups is 1. The van der Waals surface area contributed by atoms with Crippen molar-refractivity contribution in [2.75, 3.05) is 20.3 Å². The standard InChI is InChI=1S/C23H29NO6/c1-13-16(10-19(25)24-12-14-6-5-9-28-14)22(26)29-21-15-7-8-23(2,3)30-17(15)11-18(27-4)20(13)21/h11,14H,5-10,12H2,1-4H3,(H,24,25). The van der Waals surface area contributed by atoms with Crippen molar-refractivity contribution in [2.45, 2.75) is 64.6 Å². The van der Waals surface area contributed by atoms with Crippen LogP contribution in [-0.4, -0.2) is 37.9 Å². The molecule has 2 aliphatic heterocycles. The molecule has 3 heterocycles. The van der Waals surface area contributed by atoms with E-state index in [-0.39, 0.29) is 24.0 Å². The Hall–Kier alpha value is -2.54. The van der Waals surface area contributed by atoms with Crippen molar-refractivity contribution in [3.63, 3.8) is 0 Å². The zero-order chi connectivity index (χ0) is 21.5. The molecule has 7 heteroatoms.